The molecular formula is C13H16N2O3. The van der Waals surface area contributed by atoms with E-state index in [1.807, 2.05) is 13.8 Å². The summed E-state index contributed by atoms with van der Waals surface area (Å²) < 4.78 is 0. The van der Waals surface area contributed by atoms with Gasteiger partial charge in [0.25, 0.3) is 5.91 Å². The maximum atomic E-state index is 12.3. The van der Waals surface area contributed by atoms with Crippen molar-refractivity contribution in [2.45, 2.75) is 25.9 Å². The van der Waals surface area contributed by atoms with Gasteiger partial charge in [-0.15, -0.1) is 0 Å². The number of piperazine rings is 1. The van der Waals surface area contributed by atoms with Crippen LogP contribution < -0.4 is 5.32 Å². The highest BCUT2D eigenvalue weighted by molar-refractivity contribution is 5.96. The molecule has 2 N–H and O–H groups in total. The molecule has 0 saturated carbocycles. The minimum atomic E-state index is -0.796. The fourth-order valence-corrected chi connectivity index (χ4v) is 2.05. The second kappa shape index (κ2) is 4.68. The summed E-state index contributed by atoms with van der Waals surface area (Å²) in [6, 6.07) is 5.70. The van der Waals surface area contributed by atoms with Gasteiger partial charge in [0.15, 0.2) is 0 Å². The van der Waals surface area contributed by atoms with Crippen LogP contribution in [-0.2, 0) is 9.59 Å². The molecule has 1 atom stereocenters. The minimum absolute atomic E-state index is 0.0155. The Hall–Kier alpha value is -2.04. The SMILES string of the molecule is CC(C)N1CC(=O)N[C@@H](c2ccccc2O)C1=O. The third-order valence-corrected chi connectivity index (χ3v) is 3.02. The lowest BCUT2D eigenvalue weighted by molar-refractivity contribution is -0.146. The summed E-state index contributed by atoms with van der Waals surface area (Å²) in [7, 11) is 0. The topological polar surface area (TPSA) is 69.6 Å². The van der Waals surface area contributed by atoms with Gasteiger partial charge >= 0.3 is 0 Å². The van der Waals surface area contributed by atoms with E-state index in [-0.39, 0.29) is 30.2 Å². The average molecular weight is 248 g/mol. The number of hydrogen-bond acceptors (Lipinski definition) is 3. The van der Waals surface area contributed by atoms with Crippen LogP contribution in [0.25, 0.3) is 0 Å². The molecular weight excluding hydrogens is 232 g/mol. The molecule has 2 rings (SSSR count). The Morgan fingerprint density at radius 3 is 2.61 bits per heavy atom. The van der Waals surface area contributed by atoms with Crippen molar-refractivity contribution in [2.75, 3.05) is 6.54 Å². The van der Waals surface area contributed by atoms with E-state index in [2.05, 4.69) is 5.32 Å². The third-order valence-electron chi connectivity index (χ3n) is 3.02. The van der Waals surface area contributed by atoms with Gasteiger partial charge in [0.2, 0.25) is 5.91 Å². The quantitative estimate of drug-likeness (QED) is 0.813. The molecule has 1 aromatic rings. The van der Waals surface area contributed by atoms with Crippen molar-refractivity contribution < 1.29 is 14.7 Å². The number of hydrogen-bond donors (Lipinski definition) is 2. The van der Waals surface area contributed by atoms with Crippen LogP contribution in [0.2, 0.25) is 0 Å². The van der Waals surface area contributed by atoms with Gasteiger partial charge in [-0.25, -0.2) is 0 Å². The van der Waals surface area contributed by atoms with Crippen molar-refractivity contribution >= 4 is 11.8 Å². The Morgan fingerprint density at radius 1 is 1.33 bits per heavy atom. The Morgan fingerprint density at radius 2 is 2.00 bits per heavy atom. The van der Waals surface area contributed by atoms with Gasteiger partial charge in [0, 0.05) is 11.6 Å². The Bertz CT molecular complexity index is 485. The van der Waals surface area contributed by atoms with E-state index in [1.54, 1.807) is 18.2 Å². The predicted octanol–water partition coefficient (Wildman–Crippen LogP) is 0.800. The van der Waals surface area contributed by atoms with Crippen LogP contribution in [0.3, 0.4) is 0 Å². The van der Waals surface area contributed by atoms with E-state index in [4.69, 9.17) is 0 Å². The fourth-order valence-electron chi connectivity index (χ4n) is 2.05. The smallest absolute Gasteiger partial charge is 0.250 e. The number of benzene rings is 1. The predicted molar refractivity (Wildman–Crippen MR) is 65.8 cm³/mol. The van der Waals surface area contributed by atoms with Gasteiger partial charge in [-0.2, -0.15) is 0 Å². The van der Waals surface area contributed by atoms with Crippen molar-refractivity contribution in [2.24, 2.45) is 0 Å². The molecule has 5 heteroatoms. The summed E-state index contributed by atoms with van der Waals surface area (Å²) in [5, 5.41) is 12.4. The molecule has 0 unspecified atom stereocenters. The molecule has 2 amide bonds. The van der Waals surface area contributed by atoms with Gasteiger partial charge in [-0.05, 0) is 19.9 Å². The monoisotopic (exact) mass is 248 g/mol. The van der Waals surface area contributed by atoms with Crippen molar-refractivity contribution in [3.63, 3.8) is 0 Å². The molecule has 1 aromatic carbocycles. The average Bonchev–Trinajstić information content (AvgIpc) is 2.32. The first-order chi connectivity index (χ1) is 8.50. The van der Waals surface area contributed by atoms with Crippen LogP contribution in [0.15, 0.2) is 24.3 Å². The van der Waals surface area contributed by atoms with E-state index in [0.717, 1.165) is 0 Å². The van der Waals surface area contributed by atoms with Crippen LogP contribution in [0.4, 0.5) is 0 Å². The highest BCUT2D eigenvalue weighted by Gasteiger charge is 2.35. The molecule has 1 saturated heterocycles. The molecule has 1 fully saturated rings. The molecule has 96 valence electrons. The zero-order valence-electron chi connectivity index (χ0n) is 10.4. The van der Waals surface area contributed by atoms with Gasteiger partial charge in [-0.1, -0.05) is 18.2 Å². The van der Waals surface area contributed by atoms with E-state index in [9.17, 15) is 14.7 Å². The molecule has 1 aliphatic heterocycles. The van der Waals surface area contributed by atoms with E-state index in [0.29, 0.717) is 5.56 Å². The second-order valence-corrected chi connectivity index (χ2v) is 4.62. The molecule has 0 radical (unpaired) electrons. The van der Waals surface area contributed by atoms with Gasteiger partial charge in [-0.3, -0.25) is 9.59 Å². The number of rotatable bonds is 2. The summed E-state index contributed by atoms with van der Waals surface area (Å²) in [5.74, 6) is -0.385. The van der Waals surface area contributed by atoms with Crippen LogP contribution in [0.1, 0.15) is 25.5 Å². The highest BCUT2D eigenvalue weighted by Crippen LogP contribution is 2.27. The van der Waals surface area contributed by atoms with E-state index in [1.165, 1.54) is 11.0 Å². The lowest BCUT2D eigenvalue weighted by Crippen LogP contribution is -2.55. The Labute approximate surface area is 105 Å². The lowest BCUT2D eigenvalue weighted by Gasteiger charge is -2.35. The number of amides is 2. The van der Waals surface area contributed by atoms with Crippen LogP contribution >= 0.6 is 0 Å². The number of phenols is 1. The molecule has 18 heavy (non-hydrogen) atoms. The summed E-state index contributed by atoms with van der Waals surface area (Å²) >= 11 is 0. The maximum Gasteiger partial charge on any atom is 0.250 e. The van der Waals surface area contributed by atoms with Crippen molar-refractivity contribution in [1.82, 2.24) is 10.2 Å². The van der Waals surface area contributed by atoms with Gasteiger partial charge < -0.3 is 15.3 Å². The molecule has 0 bridgehead atoms. The number of carbonyl (C=O) groups is 2. The number of phenolic OH excluding ortho intramolecular Hbond substituents is 1. The summed E-state index contributed by atoms with van der Waals surface area (Å²) in [6.07, 6.45) is 0. The zero-order valence-corrected chi connectivity index (χ0v) is 10.4. The van der Waals surface area contributed by atoms with Crippen LogP contribution in [-0.4, -0.2) is 34.4 Å². The number of carbonyl (C=O) groups excluding carboxylic acids is 2. The lowest BCUT2D eigenvalue weighted by atomic mass is 10.0. The van der Waals surface area contributed by atoms with E-state index >= 15 is 0 Å². The Kier molecular flexibility index (Phi) is 3.23. The minimum Gasteiger partial charge on any atom is -0.508 e. The summed E-state index contributed by atoms with van der Waals surface area (Å²) in [5.41, 5.74) is 0.432. The molecule has 0 aliphatic carbocycles. The van der Waals surface area contributed by atoms with Crippen molar-refractivity contribution in [3.05, 3.63) is 29.8 Å². The van der Waals surface area contributed by atoms with Crippen molar-refractivity contribution in [1.29, 1.82) is 0 Å². The molecule has 5 nitrogen and oxygen atoms in total. The first-order valence-electron chi connectivity index (χ1n) is 5.88. The van der Waals surface area contributed by atoms with Crippen LogP contribution in [0.5, 0.6) is 5.75 Å². The number of para-hydroxylation sites is 1. The zero-order chi connectivity index (χ0) is 13.3. The fraction of sp³-hybridized carbons (Fsp3) is 0.385. The first-order valence-corrected chi connectivity index (χ1v) is 5.88. The third kappa shape index (κ3) is 2.16. The number of nitrogens with one attached hydrogen (secondary N) is 1. The summed E-state index contributed by atoms with van der Waals surface area (Å²) in [6.45, 7) is 3.79. The van der Waals surface area contributed by atoms with Gasteiger partial charge in [0.1, 0.15) is 11.8 Å². The van der Waals surface area contributed by atoms with Crippen molar-refractivity contribution in [3.8, 4) is 5.75 Å². The molecule has 0 spiro atoms. The molecule has 1 heterocycles. The summed E-state index contributed by atoms with van der Waals surface area (Å²) in [4.78, 5) is 25.4. The standard InChI is InChI=1S/C13H16N2O3/c1-8(2)15-7-11(17)14-12(13(15)18)9-5-3-4-6-10(9)16/h3-6,8,12,16H,7H2,1-2H3,(H,14,17)/t12-/m0/s1. The largest absolute Gasteiger partial charge is 0.508 e. The Balaban J connectivity index is 2.35. The van der Waals surface area contributed by atoms with E-state index < -0.39 is 6.04 Å². The van der Waals surface area contributed by atoms with Gasteiger partial charge in [0.05, 0.1) is 6.54 Å². The number of nitrogens with zero attached hydrogens (tertiary/aromatic N) is 1. The highest BCUT2D eigenvalue weighted by atomic mass is 16.3. The molecule has 1 aliphatic rings. The van der Waals surface area contributed by atoms with Crippen LogP contribution in [0, 0.1) is 0 Å². The number of aromatic hydroxyl groups is 1. The second-order valence-electron chi connectivity index (χ2n) is 4.62. The molecule has 0 aromatic heterocycles. The maximum absolute atomic E-state index is 12.3. The normalized spacial score (nSPS) is 20.2. The first kappa shape index (κ1) is 12.4.